The molecule has 30 heavy (non-hydrogen) atoms. The van der Waals surface area contributed by atoms with E-state index in [0.717, 1.165) is 12.1 Å². The summed E-state index contributed by atoms with van der Waals surface area (Å²) in [7, 11) is 0. The van der Waals surface area contributed by atoms with Gasteiger partial charge in [-0.1, -0.05) is 12.1 Å². The van der Waals surface area contributed by atoms with Gasteiger partial charge in [-0.25, -0.2) is 8.78 Å². The van der Waals surface area contributed by atoms with Crippen molar-refractivity contribution in [2.45, 2.75) is 19.8 Å². The maximum atomic E-state index is 13.1. The maximum Gasteiger partial charge on any atom is 0.255 e. The summed E-state index contributed by atoms with van der Waals surface area (Å²) in [6.07, 6.45) is 0.477. The number of ether oxygens (including phenoxy) is 1. The fourth-order valence-electron chi connectivity index (χ4n) is 2.53. The van der Waals surface area contributed by atoms with E-state index >= 15 is 0 Å². The fourth-order valence-corrected chi connectivity index (χ4v) is 2.53. The molecule has 0 unspecified atom stereocenters. The van der Waals surface area contributed by atoms with Gasteiger partial charge in [0.15, 0.2) is 11.6 Å². The van der Waals surface area contributed by atoms with Crippen LogP contribution in [0.2, 0.25) is 0 Å². The topological polar surface area (TPSA) is 96.5 Å². The van der Waals surface area contributed by atoms with Gasteiger partial charge >= 0.3 is 0 Å². The van der Waals surface area contributed by atoms with Crippen molar-refractivity contribution in [3.05, 3.63) is 59.7 Å². The second-order valence-electron chi connectivity index (χ2n) is 6.24. The molecule has 2 aromatic carbocycles. The number of hydrogen-bond donors (Lipinski definition) is 3. The van der Waals surface area contributed by atoms with E-state index < -0.39 is 17.5 Å². The number of benzene rings is 2. The van der Waals surface area contributed by atoms with E-state index in [1.807, 2.05) is 6.92 Å². The molecule has 3 N–H and O–H groups in total. The molecule has 0 spiro atoms. The molecule has 2 aromatic rings. The molecule has 0 saturated heterocycles. The highest BCUT2D eigenvalue weighted by Crippen LogP contribution is 2.17. The Hall–Kier alpha value is -3.49. The summed E-state index contributed by atoms with van der Waals surface area (Å²) in [4.78, 5) is 35.8. The van der Waals surface area contributed by atoms with E-state index in [-0.39, 0.29) is 37.0 Å². The molecule has 0 atom stereocenters. The van der Waals surface area contributed by atoms with Crippen molar-refractivity contribution in [1.82, 2.24) is 10.6 Å². The summed E-state index contributed by atoms with van der Waals surface area (Å²) in [6.45, 7) is 2.22. The summed E-state index contributed by atoms with van der Waals surface area (Å²) in [5, 5.41) is 7.49. The van der Waals surface area contributed by atoms with Gasteiger partial charge < -0.3 is 20.7 Å². The van der Waals surface area contributed by atoms with Gasteiger partial charge in [0.1, 0.15) is 5.75 Å². The molecule has 0 heterocycles. The van der Waals surface area contributed by atoms with Crippen molar-refractivity contribution in [2.24, 2.45) is 0 Å². The molecule has 0 radical (unpaired) electrons. The van der Waals surface area contributed by atoms with Crippen molar-refractivity contribution in [1.29, 1.82) is 0 Å². The molecule has 0 fully saturated rings. The van der Waals surface area contributed by atoms with Crippen molar-refractivity contribution in [3.8, 4) is 5.75 Å². The van der Waals surface area contributed by atoms with Crippen molar-refractivity contribution in [2.75, 3.05) is 25.0 Å². The first kappa shape index (κ1) is 22.8. The first-order chi connectivity index (χ1) is 14.4. The monoisotopic (exact) mass is 419 g/mol. The summed E-state index contributed by atoms with van der Waals surface area (Å²) < 4.78 is 31.4. The number of amides is 3. The minimum atomic E-state index is -1.08. The van der Waals surface area contributed by atoms with Crippen LogP contribution in [0.5, 0.6) is 5.75 Å². The molecule has 0 aliphatic carbocycles. The van der Waals surface area contributed by atoms with Crippen LogP contribution in [0.25, 0.3) is 0 Å². The highest BCUT2D eigenvalue weighted by Gasteiger charge is 2.12. The van der Waals surface area contributed by atoms with E-state index in [9.17, 15) is 23.2 Å². The van der Waals surface area contributed by atoms with Gasteiger partial charge in [-0.05, 0) is 37.6 Å². The van der Waals surface area contributed by atoms with E-state index in [1.165, 1.54) is 6.07 Å². The molecule has 0 aliphatic heterocycles. The zero-order valence-electron chi connectivity index (χ0n) is 16.5. The van der Waals surface area contributed by atoms with Gasteiger partial charge in [0.2, 0.25) is 11.8 Å². The molecule has 160 valence electrons. The third-order valence-electron chi connectivity index (χ3n) is 3.95. The lowest BCUT2D eigenvalue weighted by molar-refractivity contribution is -0.124. The van der Waals surface area contributed by atoms with Gasteiger partial charge in [0, 0.05) is 24.7 Å². The van der Waals surface area contributed by atoms with E-state index in [0.29, 0.717) is 24.3 Å². The lowest BCUT2D eigenvalue weighted by Gasteiger charge is -2.10. The average molecular weight is 419 g/mol. The maximum absolute atomic E-state index is 13.1. The van der Waals surface area contributed by atoms with Gasteiger partial charge in [0.05, 0.1) is 18.7 Å². The normalized spacial score (nSPS) is 10.2. The van der Waals surface area contributed by atoms with Gasteiger partial charge in [-0.2, -0.15) is 0 Å². The third-order valence-corrected chi connectivity index (χ3v) is 3.95. The van der Waals surface area contributed by atoms with Crippen LogP contribution in [0.15, 0.2) is 42.5 Å². The van der Waals surface area contributed by atoms with Crippen LogP contribution in [-0.2, 0) is 9.59 Å². The van der Waals surface area contributed by atoms with Crippen molar-refractivity contribution >= 4 is 23.4 Å². The fraction of sp³-hybridized carbons (Fsp3) is 0.286. The van der Waals surface area contributed by atoms with Crippen LogP contribution in [-0.4, -0.2) is 37.4 Å². The largest absolute Gasteiger partial charge is 0.493 e. The van der Waals surface area contributed by atoms with Crippen molar-refractivity contribution in [3.63, 3.8) is 0 Å². The number of carbonyl (C=O) groups excluding carboxylic acids is 3. The second-order valence-corrected chi connectivity index (χ2v) is 6.24. The quantitative estimate of drug-likeness (QED) is 0.516. The molecule has 9 heteroatoms. The Morgan fingerprint density at radius 1 is 0.967 bits per heavy atom. The predicted molar refractivity (Wildman–Crippen MR) is 107 cm³/mol. The molecule has 3 amide bonds. The lowest BCUT2D eigenvalue weighted by atomic mass is 10.2. The number of hydrogen-bond acceptors (Lipinski definition) is 4. The van der Waals surface area contributed by atoms with E-state index in [4.69, 9.17) is 4.74 Å². The minimum Gasteiger partial charge on any atom is -0.493 e. The number of carbonyl (C=O) groups is 3. The number of anilines is 1. The Morgan fingerprint density at radius 3 is 2.47 bits per heavy atom. The summed E-state index contributed by atoms with van der Waals surface area (Å²) >= 11 is 0. The summed E-state index contributed by atoms with van der Waals surface area (Å²) in [6, 6.07) is 9.82. The highest BCUT2D eigenvalue weighted by molar-refractivity contribution is 5.97. The van der Waals surface area contributed by atoms with Crippen LogP contribution >= 0.6 is 0 Å². The molecule has 0 aliphatic rings. The molecular weight excluding hydrogens is 396 g/mol. The summed E-state index contributed by atoms with van der Waals surface area (Å²) in [5.41, 5.74) is 0.501. The number of rotatable bonds is 10. The van der Waals surface area contributed by atoms with Crippen LogP contribution < -0.4 is 20.7 Å². The Kier molecular flexibility index (Phi) is 8.74. The minimum absolute atomic E-state index is 0.0863. The molecule has 7 nitrogen and oxygen atoms in total. The first-order valence-electron chi connectivity index (χ1n) is 9.42. The van der Waals surface area contributed by atoms with Gasteiger partial charge in [0.25, 0.3) is 5.91 Å². The Balaban J connectivity index is 1.67. The smallest absolute Gasteiger partial charge is 0.255 e. The molecule has 0 aromatic heterocycles. The highest BCUT2D eigenvalue weighted by atomic mass is 19.2. The Morgan fingerprint density at radius 2 is 1.73 bits per heavy atom. The van der Waals surface area contributed by atoms with E-state index in [1.54, 1.807) is 24.3 Å². The Bertz CT molecular complexity index is 906. The standard InChI is InChI=1S/C21H23F2N3O4/c1-2-30-18-7-4-3-6-15(18)21(29)24-11-5-8-19(27)25-13-20(28)26-14-9-10-16(22)17(23)12-14/h3-4,6-7,9-10,12H,2,5,8,11,13H2,1H3,(H,24,29)(H,25,27)(H,26,28). The van der Waals surface area contributed by atoms with Crippen LogP contribution in [0, 0.1) is 11.6 Å². The number of nitrogens with one attached hydrogen (secondary N) is 3. The van der Waals surface area contributed by atoms with Crippen LogP contribution in [0.3, 0.4) is 0 Å². The van der Waals surface area contributed by atoms with Gasteiger partial charge in [-0.3, -0.25) is 14.4 Å². The van der Waals surface area contributed by atoms with E-state index in [2.05, 4.69) is 16.0 Å². The molecule has 2 rings (SSSR count). The number of para-hydroxylation sites is 1. The lowest BCUT2D eigenvalue weighted by Crippen LogP contribution is -2.33. The Labute approximate surface area is 172 Å². The molecular formula is C21H23F2N3O4. The average Bonchev–Trinajstić information content (AvgIpc) is 2.73. The zero-order chi connectivity index (χ0) is 21.9. The first-order valence-corrected chi connectivity index (χ1v) is 9.42. The van der Waals surface area contributed by atoms with Crippen molar-refractivity contribution < 1.29 is 27.9 Å². The number of halogens is 2. The summed E-state index contributed by atoms with van der Waals surface area (Å²) in [5.74, 6) is -2.86. The predicted octanol–water partition coefficient (Wildman–Crippen LogP) is 2.63. The van der Waals surface area contributed by atoms with Gasteiger partial charge in [-0.15, -0.1) is 0 Å². The molecule has 0 saturated carbocycles. The second kappa shape index (κ2) is 11.5. The van der Waals surface area contributed by atoms with Crippen LogP contribution in [0.1, 0.15) is 30.1 Å². The SMILES string of the molecule is CCOc1ccccc1C(=O)NCCCC(=O)NCC(=O)Nc1ccc(F)c(F)c1. The zero-order valence-corrected chi connectivity index (χ0v) is 16.5. The third kappa shape index (κ3) is 7.16. The van der Waals surface area contributed by atoms with Crippen LogP contribution in [0.4, 0.5) is 14.5 Å². The molecule has 0 bridgehead atoms.